The molecule has 128 valence electrons. The highest BCUT2D eigenvalue weighted by Crippen LogP contribution is 2.26. The Balaban J connectivity index is 2.05. The summed E-state index contributed by atoms with van der Waals surface area (Å²) >= 11 is 0. The van der Waals surface area contributed by atoms with Gasteiger partial charge in [0.2, 0.25) is 10.0 Å². The molecule has 0 spiro atoms. The van der Waals surface area contributed by atoms with Crippen molar-refractivity contribution in [3.63, 3.8) is 0 Å². The van der Waals surface area contributed by atoms with Crippen LogP contribution in [-0.2, 0) is 16.6 Å². The molecule has 3 rings (SSSR count). The first kappa shape index (κ1) is 16.7. The second kappa shape index (κ2) is 6.37. The van der Waals surface area contributed by atoms with Gasteiger partial charge in [0.05, 0.1) is 17.9 Å². The van der Waals surface area contributed by atoms with Gasteiger partial charge in [0, 0.05) is 6.04 Å². The minimum absolute atomic E-state index is 0.0166. The Morgan fingerprint density at radius 3 is 2.75 bits per heavy atom. The molecule has 0 radical (unpaired) electrons. The molecule has 0 fully saturated rings. The number of sulfonamides is 1. The maximum absolute atomic E-state index is 12.5. The van der Waals surface area contributed by atoms with E-state index in [-0.39, 0.29) is 29.1 Å². The van der Waals surface area contributed by atoms with E-state index in [0.29, 0.717) is 11.4 Å². The monoisotopic (exact) mass is 348 g/mol. The molecule has 24 heavy (non-hydrogen) atoms. The summed E-state index contributed by atoms with van der Waals surface area (Å²) in [5, 5.41) is 2.94. The molecule has 1 aromatic carbocycles. The van der Waals surface area contributed by atoms with Crippen LogP contribution in [-0.4, -0.2) is 29.9 Å². The van der Waals surface area contributed by atoms with E-state index >= 15 is 0 Å². The number of carbonyl (C=O) groups is 1. The van der Waals surface area contributed by atoms with Crippen LogP contribution in [0.2, 0.25) is 0 Å². The van der Waals surface area contributed by atoms with E-state index in [4.69, 9.17) is 0 Å². The highest BCUT2D eigenvalue weighted by atomic mass is 32.2. The SMILES string of the molecule is CCC(CC)NC(=O)c1ncn2c1CNS(=O)(=O)c1ccccc1-2. The van der Waals surface area contributed by atoms with Crippen molar-refractivity contribution in [1.29, 1.82) is 0 Å². The maximum atomic E-state index is 12.5. The molecular weight excluding hydrogens is 328 g/mol. The van der Waals surface area contributed by atoms with Gasteiger partial charge in [-0.15, -0.1) is 0 Å². The summed E-state index contributed by atoms with van der Waals surface area (Å²) in [5.41, 5.74) is 1.28. The second-order valence-corrected chi connectivity index (χ2v) is 7.42. The Morgan fingerprint density at radius 1 is 1.33 bits per heavy atom. The van der Waals surface area contributed by atoms with Gasteiger partial charge >= 0.3 is 0 Å². The highest BCUT2D eigenvalue weighted by molar-refractivity contribution is 7.89. The van der Waals surface area contributed by atoms with E-state index in [0.717, 1.165) is 12.8 Å². The summed E-state index contributed by atoms with van der Waals surface area (Å²) < 4.78 is 28.9. The molecule has 0 unspecified atom stereocenters. The molecule has 0 atom stereocenters. The summed E-state index contributed by atoms with van der Waals surface area (Å²) in [6, 6.07) is 6.74. The van der Waals surface area contributed by atoms with Crippen LogP contribution in [0.1, 0.15) is 42.9 Å². The molecule has 2 N–H and O–H groups in total. The van der Waals surface area contributed by atoms with Crippen molar-refractivity contribution in [1.82, 2.24) is 19.6 Å². The summed E-state index contributed by atoms with van der Waals surface area (Å²) in [6.07, 6.45) is 3.15. The number of carbonyl (C=O) groups excluding carboxylic acids is 1. The fraction of sp³-hybridized carbons (Fsp3) is 0.375. The lowest BCUT2D eigenvalue weighted by molar-refractivity contribution is 0.0929. The fourth-order valence-corrected chi connectivity index (χ4v) is 3.99. The van der Waals surface area contributed by atoms with Gasteiger partial charge in [-0.25, -0.2) is 18.1 Å². The average molecular weight is 348 g/mol. The number of nitrogens with zero attached hydrogens (tertiary/aromatic N) is 2. The lowest BCUT2D eigenvalue weighted by Crippen LogP contribution is -2.35. The zero-order valence-corrected chi connectivity index (χ0v) is 14.4. The van der Waals surface area contributed by atoms with Crippen molar-refractivity contribution in [2.24, 2.45) is 0 Å². The quantitative estimate of drug-likeness (QED) is 0.877. The normalized spacial score (nSPS) is 15.5. The molecule has 2 aromatic rings. The summed E-state index contributed by atoms with van der Waals surface area (Å²) in [5.74, 6) is -0.281. The average Bonchev–Trinajstić information content (AvgIpc) is 2.97. The third-order valence-corrected chi connectivity index (χ3v) is 5.69. The highest BCUT2D eigenvalue weighted by Gasteiger charge is 2.28. The van der Waals surface area contributed by atoms with Crippen molar-refractivity contribution in [3.8, 4) is 5.69 Å². The van der Waals surface area contributed by atoms with Gasteiger partial charge in [-0.05, 0) is 25.0 Å². The van der Waals surface area contributed by atoms with Crippen LogP contribution < -0.4 is 10.0 Å². The number of aromatic nitrogens is 2. The molecule has 1 amide bonds. The van der Waals surface area contributed by atoms with Crippen LogP contribution in [0.3, 0.4) is 0 Å². The van der Waals surface area contributed by atoms with Gasteiger partial charge in [0.1, 0.15) is 11.2 Å². The van der Waals surface area contributed by atoms with Crippen molar-refractivity contribution < 1.29 is 13.2 Å². The zero-order chi connectivity index (χ0) is 17.3. The van der Waals surface area contributed by atoms with E-state index in [1.807, 2.05) is 13.8 Å². The van der Waals surface area contributed by atoms with Gasteiger partial charge in [-0.1, -0.05) is 26.0 Å². The van der Waals surface area contributed by atoms with Crippen molar-refractivity contribution in [2.75, 3.05) is 0 Å². The second-order valence-electron chi connectivity index (χ2n) is 5.69. The summed E-state index contributed by atoms with van der Waals surface area (Å²) in [7, 11) is -3.62. The first-order chi connectivity index (χ1) is 11.5. The van der Waals surface area contributed by atoms with Crippen LogP contribution in [0.4, 0.5) is 0 Å². The maximum Gasteiger partial charge on any atom is 0.272 e. The predicted octanol–water partition coefficient (Wildman–Crippen LogP) is 1.58. The van der Waals surface area contributed by atoms with Crippen LogP contribution in [0.15, 0.2) is 35.5 Å². The van der Waals surface area contributed by atoms with Gasteiger partial charge in [0.15, 0.2) is 5.69 Å². The van der Waals surface area contributed by atoms with Crippen molar-refractivity contribution in [3.05, 3.63) is 42.0 Å². The van der Waals surface area contributed by atoms with E-state index in [2.05, 4.69) is 15.0 Å². The van der Waals surface area contributed by atoms with Gasteiger partial charge < -0.3 is 5.32 Å². The number of fused-ring (bicyclic) bond motifs is 3. The largest absolute Gasteiger partial charge is 0.348 e. The van der Waals surface area contributed by atoms with Crippen molar-refractivity contribution >= 4 is 15.9 Å². The Kier molecular flexibility index (Phi) is 4.42. The third-order valence-electron chi connectivity index (χ3n) is 4.25. The van der Waals surface area contributed by atoms with Crippen molar-refractivity contribution in [2.45, 2.75) is 44.2 Å². The minimum atomic E-state index is -3.62. The third kappa shape index (κ3) is 2.83. The topological polar surface area (TPSA) is 93.1 Å². The van der Waals surface area contributed by atoms with E-state index in [9.17, 15) is 13.2 Å². The standard InChI is InChI=1S/C16H20N4O3S/c1-3-11(4-2)19-16(21)15-13-9-18-24(22,23)14-8-6-5-7-12(14)20(13)10-17-15/h5-8,10-11,18H,3-4,9H2,1-2H3,(H,19,21). The first-order valence-corrected chi connectivity index (χ1v) is 9.42. The lowest BCUT2D eigenvalue weighted by Gasteiger charge is -2.14. The molecular formula is C16H20N4O3S. The first-order valence-electron chi connectivity index (χ1n) is 7.94. The number of hydrogen-bond acceptors (Lipinski definition) is 4. The van der Waals surface area contributed by atoms with E-state index < -0.39 is 10.0 Å². The van der Waals surface area contributed by atoms with Crippen LogP contribution in [0, 0.1) is 0 Å². The Bertz CT molecular complexity index is 869. The van der Waals surface area contributed by atoms with Crippen LogP contribution >= 0.6 is 0 Å². The number of benzene rings is 1. The van der Waals surface area contributed by atoms with Gasteiger partial charge in [-0.2, -0.15) is 0 Å². The number of imidazole rings is 1. The fourth-order valence-electron chi connectivity index (χ4n) is 2.81. The molecule has 0 aliphatic carbocycles. The summed E-state index contributed by atoms with van der Waals surface area (Å²) in [6.45, 7) is 4.03. The Morgan fingerprint density at radius 2 is 2.04 bits per heavy atom. The molecule has 2 heterocycles. The Labute approximate surface area is 141 Å². The van der Waals surface area contributed by atoms with E-state index in [1.165, 1.54) is 12.4 Å². The number of amides is 1. The molecule has 1 aliphatic heterocycles. The molecule has 7 nitrogen and oxygen atoms in total. The number of rotatable bonds is 4. The minimum Gasteiger partial charge on any atom is -0.348 e. The lowest BCUT2D eigenvalue weighted by atomic mass is 10.1. The van der Waals surface area contributed by atoms with Crippen LogP contribution in [0.25, 0.3) is 5.69 Å². The Hall–Kier alpha value is -2.19. The predicted molar refractivity (Wildman–Crippen MR) is 89.4 cm³/mol. The molecule has 8 heteroatoms. The van der Waals surface area contributed by atoms with E-state index in [1.54, 1.807) is 22.8 Å². The zero-order valence-electron chi connectivity index (χ0n) is 13.6. The van der Waals surface area contributed by atoms with Crippen LogP contribution in [0.5, 0.6) is 0 Å². The molecule has 0 bridgehead atoms. The van der Waals surface area contributed by atoms with Gasteiger partial charge in [-0.3, -0.25) is 9.36 Å². The van der Waals surface area contributed by atoms with Gasteiger partial charge in [0.25, 0.3) is 5.91 Å². The summed E-state index contributed by atoms with van der Waals surface area (Å²) in [4.78, 5) is 16.9. The molecule has 1 aromatic heterocycles. The molecule has 1 aliphatic rings. The number of hydrogen-bond donors (Lipinski definition) is 2. The molecule has 0 saturated heterocycles. The number of nitrogens with one attached hydrogen (secondary N) is 2. The number of para-hydroxylation sites is 1. The molecule has 0 saturated carbocycles. The smallest absolute Gasteiger partial charge is 0.272 e.